The molecule has 0 atom stereocenters. The predicted octanol–water partition coefficient (Wildman–Crippen LogP) is 14.3. The van der Waals surface area contributed by atoms with E-state index in [-0.39, 0.29) is 0 Å². The van der Waals surface area contributed by atoms with Gasteiger partial charge < -0.3 is 13.6 Å². The van der Waals surface area contributed by atoms with Crippen molar-refractivity contribution >= 4 is 76.3 Å². The second-order valence-corrected chi connectivity index (χ2v) is 14.5. The highest BCUT2D eigenvalue weighted by molar-refractivity contribution is 6.27. The Morgan fingerprint density at radius 2 is 0.909 bits per heavy atom. The van der Waals surface area contributed by atoms with Gasteiger partial charge in [0, 0.05) is 43.4 Å². The van der Waals surface area contributed by atoms with Crippen LogP contribution in [0.5, 0.6) is 0 Å². The van der Waals surface area contributed by atoms with Gasteiger partial charge in [-0.1, -0.05) is 127 Å². The van der Waals surface area contributed by atoms with Crippen LogP contribution in [0.4, 0.5) is 0 Å². The summed E-state index contributed by atoms with van der Waals surface area (Å²) in [6.45, 7) is 0. The summed E-state index contributed by atoms with van der Waals surface area (Å²) in [7, 11) is 0. The molecule has 0 saturated carbocycles. The first-order valence-corrected chi connectivity index (χ1v) is 18.8. The Morgan fingerprint density at radius 1 is 0.309 bits per heavy atom. The minimum atomic E-state index is 0.903. The highest BCUT2D eigenvalue weighted by Gasteiger charge is 2.20. The zero-order valence-corrected chi connectivity index (χ0v) is 29.8. The number of benzene rings is 9. The largest absolute Gasteiger partial charge is 0.456 e. The van der Waals surface area contributed by atoms with Crippen LogP contribution in [0.25, 0.3) is 110 Å². The van der Waals surface area contributed by atoms with E-state index in [4.69, 9.17) is 4.42 Å². The topological polar surface area (TPSA) is 23.0 Å². The van der Waals surface area contributed by atoms with Crippen LogP contribution in [0.15, 0.2) is 199 Å². The summed E-state index contributed by atoms with van der Waals surface area (Å²) in [6, 6.07) is 70.2. The van der Waals surface area contributed by atoms with E-state index < -0.39 is 0 Å². The third-order valence-corrected chi connectivity index (χ3v) is 11.5. The quantitative estimate of drug-likeness (QED) is 0.179. The molecule has 3 heterocycles. The molecule has 3 aromatic heterocycles. The fourth-order valence-electron chi connectivity index (χ4n) is 9.03. The number of nitrogens with zero attached hydrogens (tertiary/aromatic N) is 2. The average Bonchev–Trinajstić information content (AvgIpc) is 3.91. The molecule has 0 unspecified atom stereocenters. The predicted molar refractivity (Wildman–Crippen MR) is 231 cm³/mol. The highest BCUT2D eigenvalue weighted by Crippen LogP contribution is 2.43. The fraction of sp³-hybridized carbons (Fsp3) is 0. The van der Waals surface area contributed by atoms with Gasteiger partial charge in [0.05, 0.1) is 27.8 Å². The van der Waals surface area contributed by atoms with Gasteiger partial charge in [-0.25, -0.2) is 0 Å². The molecule has 55 heavy (non-hydrogen) atoms. The lowest BCUT2D eigenvalue weighted by Crippen LogP contribution is -1.95. The van der Waals surface area contributed by atoms with Crippen molar-refractivity contribution in [2.75, 3.05) is 0 Å². The Labute approximate surface area is 316 Å². The van der Waals surface area contributed by atoms with Gasteiger partial charge in [0.25, 0.3) is 0 Å². The van der Waals surface area contributed by atoms with Gasteiger partial charge in [0.15, 0.2) is 0 Å². The van der Waals surface area contributed by atoms with Crippen LogP contribution in [0.2, 0.25) is 0 Å². The van der Waals surface area contributed by atoms with Crippen LogP contribution < -0.4 is 0 Å². The molecule has 0 radical (unpaired) electrons. The molecule has 3 nitrogen and oxygen atoms in total. The highest BCUT2D eigenvalue weighted by atomic mass is 16.3. The fourth-order valence-corrected chi connectivity index (χ4v) is 9.03. The molecular weight excluding hydrogens is 669 g/mol. The molecule has 0 fully saturated rings. The van der Waals surface area contributed by atoms with Crippen molar-refractivity contribution in [2.45, 2.75) is 0 Å². The first-order chi connectivity index (χ1) is 27.3. The van der Waals surface area contributed by atoms with Crippen molar-refractivity contribution in [3.63, 3.8) is 0 Å². The van der Waals surface area contributed by atoms with Crippen molar-refractivity contribution < 1.29 is 4.42 Å². The van der Waals surface area contributed by atoms with Crippen LogP contribution in [0.1, 0.15) is 0 Å². The molecule has 12 aromatic rings. The molecule has 0 aliphatic heterocycles. The number of rotatable bonds is 4. The van der Waals surface area contributed by atoms with E-state index in [2.05, 4.69) is 197 Å². The van der Waals surface area contributed by atoms with Crippen LogP contribution in [0.3, 0.4) is 0 Å². The van der Waals surface area contributed by atoms with Crippen molar-refractivity contribution in [1.29, 1.82) is 0 Å². The third kappa shape index (κ3) is 4.44. The van der Waals surface area contributed by atoms with Gasteiger partial charge in [-0.2, -0.15) is 0 Å². The molecule has 3 heteroatoms. The second-order valence-electron chi connectivity index (χ2n) is 14.5. The normalized spacial score (nSPS) is 12.0. The first-order valence-electron chi connectivity index (χ1n) is 18.8. The minimum absolute atomic E-state index is 0.903. The van der Waals surface area contributed by atoms with Crippen molar-refractivity contribution in [3.05, 3.63) is 194 Å². The van der Waals surface area contributed by atoms with Gasteiger partial charge in [0.2, 0.25) is 0 Å². The number of hydrogen-bond acceptors (Lipinski definition) is 1. The van der Waals surface area contributed by atoms with E-state index in [0.717, 1.165) is 38.7 Å². The summed E-state index contributed by atoms with van der Waals surface area (Å²) in [5, 5.41) is 9.67. The van der Waals surface area contributed by atoms with Crippen molar-refractivity contribution in [2.24, 2.45) is 0 Å². The SMILES string of the molecule is c1ccc(-c2ccc(-n3c4ccc(-c5ccc6c(c5)c5ccccc5n6-c5cccc6ccccc56)cc4c4c5c(ccc43)oc3ccccc35)cc2)cc1. The smallest absolute Gasteiger partial charge is 0.136 e. The Bertz CT molecular complexity index is 3470. The number of para-hydroxylation sites is 2. The van der Waals surface area contributed by atoms with Gasteiger partial charge in [-0.15, -0.1) is 0 Å². The molecule has 0 spiro atoms. The van der Waals surface area contributed by atoms with Gasteiger partial charge >= 0.3 is 0 Å². The standard InChI is InChI=1S/C52H32N2O/c1-2-11-33(12-3-1)34-21-25-38(26-22-34)53-47-28-24-37(32-43(47)51-48(53)29-30-50-52(51)41-17-7-9-20-49(41)55-50)36-23-27-46-42(31-36)40-16-6-8-18-45(40)54(46)44-19-10-14-35-13-4-5-15-39(35)44/h1-32H. The molecule has 0 amide bonds. The number of furan rings is 1. The van der Waals surface area contributed by atoms with Crippen LogP contribution in [0, 0.1) is 0 Å². The lowest BCUT2D eigenvalue weighted by atomic mass is 9.99. The Morgan fingerprint density at radius 3 is 1.75 bits per heavy atom. The zero-order chi connectivity index (χ0) is 36.0. The monoisotopic (exact) mass is 700 g/mol. The number of hydrogen-bond donors (Lipinski definition) is 0. The molecule has 0 bridgehead atoms. The van der Waals surface area contributed by atoms with Gasteiger partial charge in [-0.05, 0) is 94.4 Å². The molecule has 0 aliphatic rings. The van der Waals surface area contributed by atoms with E-state index in [1.165, 1.54) is 71.3 Å². The minimum Gasteiger partial charge on any atom is -0.456 e. The Balaban J connectivity index is 1.10. The maximum atomic E-state index is 6.45. The summed E-state index contributed by atoms with van der Waals surface area (Å²) < 4.78 is 11.3. The molecular formula is C52H32N2O. The van der Waals surface area contributed by atoms with Gasteiger partial charge in [0.1, 0.15) is 11.2 Å². The summed E-state index contributed by atoms with van der Waals surface area (Å²) in [5.74, 6) is 0. The zero-order valence-electron chi connectivity index (χ0n) is 29.8. The number of fused-ring (bicyclic) bond motifs is 11. The summed E-state index contributed by atoms with van der Waals surface area (Å²) in [6.07, 6.45) is 0. The first kappa shape index (κ1) is 30.1. The van der Waals surface area contributed by atoms with Crippen molar-refractivity contribution in [3.8, 4) is 33.6 Å². The van der Waals surface area contributed by atoms with Crippen LogP contribution >= 0.6 is 0 Å². The maximum absolute atomic E-state index is 6.45. The van der Waals surface area contributed by atoms with E-state index in [9.17, 15) is 0 Å². The van der Waals surface area contributed by atoms with Crippen molar-refractivity contribution in [1.82, 2.24) is 9.13 Å². The van der Waals surface area contributed by atoms with Gasteiger partial charge in [-0.3, -0.25) is 0 Å². The van der Waals surface area contributed by atoms with E-state index in [1.54, 1.807) is 0 Å². The molecule has 0 N–H and O–H groups in total. The lowest BCUT2D eigenvalue weighted by molar-refractivity contribution is 0.669. The summed E-state index contributed by atoms with van der Waals surface area (Å²) in [4.78, 5) is 0. The van der Waals surface area contributed by atoms with E-state index in [1.807, 2.05) is 6.07 Å². The number of aromatic nitrogens is 2. The lowest BCUT2D eigenvalue weighted by Gasteiger charge is -2.12. The summed E-state index contributed by atoms with van der Waals surface area (Å²) in [5.41, 5.74) is 13.6. The molecule has 256 valence electrons. The molecule has 0 aliphatic carbocycles. The van der Waals surface area contributed by atoms with E-state index in [0.29, 0.717) is 0 Å². The Kier molecular flexibility index (Phi) is 6.34. The maximum Gasteiger partial charge on any atom is 0.136 e. The van der Waals surface area contributed by atoms with E-state index >= 15 is 0 Å². The van der Waals surface area contributed by atoms with Crippen LogP contribution in [-0.4, -0.2) is 9.13 Å². The van der Waals surface area contributed by atoms with Crippen LogP contribution in [-0.2, 0) is 0 Å². The molecule has 0 saturated heterocycles. The molecule has 12 rings (SSSR count). The molecule has 9 aromatic carbocycles. The third-order valence-electron chi connectivity index (χ3n) is 11.5. The summed E-state index contributed by atoms with van der Waals surface area (Å²) >= 11 is 0. The Hall–Kier alpha value is -7.36. The second kappa shape index (κ2) is 11.6. The average molecular weight is 701 g/mol.